The molecule has 0 radical (unpaired) electrons. The molecule has 2 heterocycles. The quantitative estimate of drug-likeness (QED) is 0.860. The number of nitrogens with zero attached hydrogens (tertiary/aromatic N) is 5. The van der Waals surface area contributed by atoms with Crippen molar-refractivity contribution >= 4 is 11.8 Å². The minimum absolute atomic E-state index is 0.0617. The second-order valence-electron chi connectivity index (χ2n) is 6.37. The van der Waals surface area contributed by atoms with Crippen molar-refractivity contribution in [3.63, 3.8) is 0 Å². The number of aromatic amines is 1. The lowest BCUT2D eigenvalue weighted by Gasteiger charge is -2.37. The van der Waals surface area contributed by atoms with E-state index in [2.05, 4.69) is 15.2 Å². The van der Waals surface area contributed by atoms with E-state index < -0.39 is 6.04 Å². The molecule has 138 valence electrons. The summed E-state index contributed by atoms with van der Waals surface area (Å²) in [7, 11) is 3.63. The van der Waals surface area contributed by atoms with Gasteiger partial charge in [0, 0.05) is 26.2 Å². The van der Waals surface area contributed by atoms with Crippen LogP contribution >= 0.6 is 0 Å². The summed E-state index contributed by atoms with van der Waals surface area (Å²) in [5, 5.41) is 6.24. The first-order chi connectivity index (χ1) is 12.5. The zero-order valence-corrected chi connectivity index (χ0v) is 14.7. The van der Waals surface area contributed by atoms with Gasteiger partial charge in [0.15, 0.2) is 0 Å². The van der Waals surface area contributed by atoms with Crippen LogP contribution in [0.2, 0.25) is 0 Å². The number of rotatable bonds is 4. The molecule has 0 aliphatic carbocycles. The molecule has 1 saturated heterocycles. The molecule has 1 atom stereocenters. The monoisotopic (exact) mass is 360 g/mol. The summed E-state index contributed by atoms with van der Waals surface area (Å²) in [6.07, 6.45) is 1.29. The molecule has 8 nitrogen and oxygen atoms in total. The second-order valence-corrected chi connectivity index (χ2v) is 6.37. The van der Waals surface area contributed by atoms with E-state index in [-0.39, 0.29) is 23.5 Å². The number of halogens is 1. The topological polar surface area (TPSA) is 85.4 Å². The number of hydrogen-bond acceptors (Lipinski definition) is 5. The van der Waals surface area contributed by atoms with Crippen LogP contribution in [0, 0.1) is 5.82 Å². The Hall–Kier alpha value is -2.81. The molecular formula is C17H21FN6O2. The molecule has 9 heteroatoms. The highest BCUT2D eigenvalue weighted by Gasteiger charge is 2.31. The van der Waals surface area contributed by atoms with E-state index in [1.54, 1.807) is 21.9 Å². The largest absolute Gasteiger partial charge is 0.337 e. The molecule has 1 fully saturated rings. The molecule has 0 bridgehead atoms. The molecule has 1 aliphatic rings. The lowest BCUT2D eigenvalue weighted by atomic mass is 10.0. The Bertz CT molecular complexity index is 754. The SMILES string of the molecule is CN(C)[C@H](C(=O)N1CCN(C(=O)c2ncn[nH]2)CC1)c1ccc(F)cc1. The fourth-order valence-electron chi connectivity index (χ4n) is 3.07. The Labute approximate surface area is 150 Å². The van der Waals surface area contributed by atoms with Crippen LogP contribution in [0.4, 0.5) is 4.39 Å². The summed E-state index contributed by atoms with van der Waals surface area (Å²) in [4.78, 5) is 34.3. The molecule has 1 aliphatic heterocycles. The van der Waals surface area contributed by atoms with Crippen molar-refractivity contribution < 1.29 is 14.0 Å². The normalized spacial score (nSPS) is 16.0. The predicted molar refractivity (Wildman–Crippen MR) is 91.7 cm³/mol. The standard InChI is InChI=1S/C17H21FN6O2/c1-22(2)14(12-3-5-13(18)6-4-12)16(25)23-7-9-24(10-8-23)17(26)15-19-11-20-21-15/h3-6,11,14H,7-10H2,1-2H3,(H,19,20,21)/t14-/m0/s1. The number of benzene rings is 1. The van der Waals surface area contributed by atoms with E-state index in [1.807, 2.05) is 19.0 Å². The number of carbonyl (C=O) groups is 2. The molecule has 0 spiro atoms. The Morgan fingerprint density at radius 2 is 1.73 bits per heavy atom. The van der Waals surface area contributed by atoms with Gasteiger partial charge >= 0.3 is 0 Å². The van der Waals surface area contributed by atoms with Gasteiger partial charge in [-0.05, 0) is 31.8 Å². The fraction of sp³-hybridized carbons (Fsp3) is 0.412. The smallest absolute Gasteiger partial charge is 0.291 e. The van der Waals surface area contributed by atoms with Crippen LogP contribution in [0.3, 0.4) is 0 Å². The highest BCUT2D eigenvalue weighted by atomic mass is 19.1. The molecular weight excluding hydrogens is 339 g/mol. The summed E-state index contributed by atoms with van der Waals surface area (Å²) in [6, 6.07) is 5.47. The van der Waals surface area contributed by atoms with Gasteiger partial charge in [-0.15, -0.1) is 0 Å². The van der Waals surface area contributed by atoms with E-state index in [4.69, 9.17) is 0 Å². The van der Waals surface area contributed by atoms with Crippen molar-refractivity contribution in [1.82, 2.24) is 29.9 Å². The number of H-pyrrole nitrogens is 1. The Morgan fingerprint density at radius 1 is 1.12 bits per heavy atom. The van der Waals surface area contributed by atoms with Crippen LogP contribution < -0.4 is 0 Å². The number of nitrogens with one attached hydrogen (secondary N) is 1. The van der Waals surface area contributed by atoms with Gasteiger partial charge in [-0.3, -0.25) is 19.6 Å². The van der Waals surface area contributed by atoms with Crippen molar-refractivity contribution in [3.05, 3.63) is 47.8 Å². The molecule has 0 unspecified atom stereocenters. The zero-order valence-electron chi connectivity index (χ0n) is 14.7. The van der Waals surface area contributed by atoms with E-state index in [0.717, 1.165) is 5.56 Å². The lowest BCUT2D eigenvalue weighted by Crippen LogP contribution is -2.53. The molecule has 1 aromatic heterocycles. The third-order valence-corrected chi connectivity index (χ3v) is 4.43. The summed E-state index contributed by atoms with van der Waals surface area (Å²) in [5.41, 5.74) is 0.738. The minimum atomic E-state index is -0.493. The molecule has 2 aromatic rings. The van der Waals surface area contributed by atoms with E-state index in [0.29, 0.717) is 26.2 Å². The minimum Gasteiger partial charge on any atom is -0.337 e. The van der Waals surface area contributed by atoms with Crippen LogP contribution in [0.1, 0.15) is 22.2 Å². The number of aromatic nitrogens is 3. The lowest BCUT2D eigenvalue weighted by molar-refractivity contribution is -0.137. The van der Waals surface area contributed by atoms with Crippen molar-refractivity contribution in [3.8, 4) is 0 Å². The van der Waals surface area contributed by atoms with Crippen LogP contribution in [0.5, 0.6) is 0 Å². The fourth-order valence-corrected chi connectivity index (χ4v) is 3.07. The Morgan fingerprint density at radius 3 is 2.27 bits per heavy atom. The number of amides is 2. The maximum absolute atomic E-state index is 13.2. The summed E-state index contributed by atoms with van der Waals surface area (Å²) >= 11 is 0. The molecule has 0 saturated carbocycles. The predicted octanol–water partition coefficient (Wildman–Crippen LogP) is 0.531. The van der Waals surface area contributed by atoms with Gasteiger partial charge in [0.1, 0.15) is 18.2 Å². The van der Waals surface area contributed by atoms with Crippen molar-refractivity contribution in [2.24, 2.45) is 0 Å². The highest BCUT2D eigenvalue weighted by molar-refractivity contribution is 5.90. The number of piperazine rings is 1. The first-order valence-electron chi connectivity index (χ1n) is 8.32. The third-order valence-electron chi connectivity index (χ3n) is 4.43. The third kappa shape index (κ3) is 3.72. The van der Waals surface area contributed by atoms with Gasteiger partial charge in [0.05, 0.1) is 0 Å². The summed E-state index contributed by atoms with van der Waals surface area (Å²) in [6.45, 7) is 1.72. The van der Waals surface area contributed by atoms with Gasteiger partial charge in [0.2, 0.25) is 11.7 Å². The second kappa shape index (κ2) is 7.61. The average Bonchev–Trinajstić information content (AvgIpc) is 3.17. The van der Waals surface area contributed by atoms with E-state index >= 15 is 0 Å². The van der Waals surface area contributed by atoms with Gasteiger partial charge in [-0.25, -0.2) is 9.37 Å². The number of carbonyl (C=O) groups excluding carboxylic acids is 2. The summed E-state index contributed by atoms with van der Waals surface area (Å²) < 4.78 is 13.2. The first kappa shape index (κ1) is 18.0. The van der Waals surface area contributed by atoms with Crippen LogP contribution in [0.25, 0.3) is 0 Å². The molecule has 1 N–H and O–H groups in total. The maximum Gasteiger partial charge on any atom is 0.291 e. The van der Waals surface area contributed by atoms with Crippen molar-refractivity contribution in [1.29, 1.82) is 0 Å². The van der Waals surface area contributed by atoms with E-state index in [1.165, 1.54) is 18.5 Å². The van der Waals surface area contributed by atoms with Crippen molar-refractivity contribution in [2.75, 3.05) is 40.3 Å². The maximum atomic E-state index is 13.2. The van der Waals surface area contributed by atoms with Crippen LogP contribution in [-0.2, 0) is 4.79 Å². The van der Waals surface area contributed by atoms with Gasteiger partial charge < -0.3 is 9.80 Å². The van der Waals surface area contributed by atoms with Gasteiger partial charge in [-0.1, -0.05) is 12.1 Å². The first-order valence-corrected chi connectivity index (χ1v) is 8.32. The van der Waals surface area contributed by atoms with Gasteiger partial charge in [0.25, 0.3) is 5.91 Å². The molecule has 3 rings (SSSR count). The molecule has 26 heavy (non-hydrogen) atoms. The van der Waals surface area contributed by atoms with Crippen molar-refractivity contribution in [2.45, 2.75) is 6.04 Å². The van der Waals surface area contributed by atoms with E-state index in [9.17, 15) is 14.0 Å². The molecule has 2 amide bonds. The Kier molecular flexibility index (Phi) is 5.27. The summed E-state index contributed by atoms with van der Waals surface area (Å²) in [5.74, 6) is -0.425. The molecule has 1 aromatic carbocycles. The Balaban J connectivity index is 1.66. The average molecular weight is 360 g/mol. The zero-order chi connectivity index (χ0) is 18.7. The highest BCUT2D eigenvalue weighted by Crippen LogP contribution is 2.22. The van der Waals surface area contributed by atoms with Crippen LogP contribution in [0.15, 0.2) is 30.6 Å². The van der Waals surface area contributed by atoms with Crippen LogP contribution in [-0.4, -0.2) is 82.0 Å². The number of likely N-dealkylation sites (N-methyl/N-ethyl adjacent to an activating group) is 1. The van der Waals surface area contributed by atoms with Gasteiger partial charge in [-0.2, -0.15) is 5.10 Å². The number of hydrogen-bond donors (Lipinski definition) is 1.